The lowest BCUT2D eigenvalue weighted by Gasteiger charge is -2.05. The fourth-order valence-corrected chi connectivity index (χ4v) is 2.30. The van der Waals surface area contributed by atoms with Crippen LogP contribution in [0.1, 0.15) is 10.4 Å². The number of aromatic nitrogens is 3. The first-order valence-electron chi connectivity index (χ1n) is 7.61. The quantitative estimate of drug-likeness (QED) is 0.699. The summed E-state index contributed by atoms with van der Waals surface area (Å²) in [6, 6.07) is 8.90. The van der Waals surface area contributed by atoms with Crippen molar-refractivity contribution >= 4 is 35.1 Å². The number of halogens is 3. The van der Waals surface area contributed by atoms with Crippen LogP contribution in [0.5, 0.6) is 0 Å². The Labute approximate surface area is 157 Å². The van der Waals surface area contributed by atoms with E-state index in [1.54, 1.807) is 24.3 Å². The lowest BCUT2D eigenvalue weighted by atomic mass is 10.2. The third kappa shape index (κ3) is 5.08. The van der Waals surface area contributed by atoms with Gasteiger partial charge in [-0.25, -0.2) is 18.4 Å². The van der Waals surface area contributed by atoms with Crippen LogP contribution >= 0.6 is 11.6 Å². The largest absolute Gasteiger partial charge is 0.324 e. The summed E-state index contributed by atoms with van der Waals surface area (Å²) < 4.78 is 27.4. The van der Waals surface area contributed by atoms with Gasteiger partial charge in [0.05, 0.1) is 0 Å². The third-order valence-electron chi connectivity index (χ3n) is 3.32. The highest BCUT2D eigenvalue weighted by atomic mass is 35.5. The van der Waals surface area contributed by atoms with Gasteiger partial charge in [-0.1, -0.05) is 11.6 Å². The van der Waals surface area contributed by atoms with Gasteiger partial charge in [0.15, 0.2) is 0 Å². The molecule has 2 amide bonds. The maximum absolute atomic E-state index is 13.1. The van der Waals surface area contributed by atoms with Gasteiger partial charge < -0.3 is 5.32 Å². The monoisotopic (exact) mass is 391 g/mol. The van der Waals surface area contributed by atoms with Crippen LogP contribution in [0.25, 0.3) is 0 Å². The predicted molar refractivity (Wildman–Crippen MR) is 94.4 cm³/mol. The number of carbonyl (C=O) groups excluding carboxylic acids is 2. The van der Waals surface area contributed by atoms with E-state index in [2.05, 4.69) is 20.7 Å². The molecule has 0 atom stereocenters. The van der Waals surface area contributed by atoms with Crippen molar-refractivity contribution < 1.29 is 18.4 Å². The highest BCUT2D eigenvalue weighted by Gasteiger charge is 2.11. The number of anilines is 2. The Balaban J connectivity index is 1.59. The molecular weight excluding hydrogens is 380 g/mol. The SMILES string of the molecule is O=C(Cn1cnc(NC(=O)c2ccc(Cl)cc2)n1)Nc1cc(F)cc(F)c1. The summed E-state index contributed by atoms with van der Waals surface area (Å²) in [6.07, 6.45) is 1.24. The fraction of sp³-hybridized carbons (Fsp3) is 0.0588. The molecule has 0 saturated carbocycles. The Morgan fingerprint density at radius 2 is 1.70 bits per heavy atom. The maximum Gasteiger partial charge on any atom is 0.258 e. The molecule has 0 spiro atoms. The minimum Gasteiger partial charge on any atom is -0.324 e. The standard InChI is InChI=1S/C17H12ClF2N5O2/c18-11-3-1-10(2-4-11)16(27)23-17-21-9-25(24-17)8-15(26)22-14-6-12(19)5-13(20)7-14/h1-7,9H,8H2,(H,22,26)(H,23,24,27). The summed E-state index contributed by atoms with van der Waals surface area (Å²) in [5.74, 6) is -2.62. The van der Waals surface area contributed by atoms with E-state index in [0.717, 1.165) is 12.1 Å². The highest BCUT2D eigenvalue weighted by Crippen LogP contribution is 2.13. The molecule has 2 N–H and O–H groups in total. The van der Waals surface area contributed by atoms with Crippen LogP contribution in [-0.4, -0.2) is 26.6 Å². The first-order valence-corrected chi connectivity index (χ1v) is 7.99. The number of hydrogen-bond donors (Lipinski definition) is 2. The van der Waals surface area contributed by atoms with Gasteiger partial charge in [-0.2, -0.15) is 0 Å². The predicted octanol–water partition coefficient (Wildman–Crippen LogP) is 3.10. The molecule has 0 fully saturated rings. The van der Waals surface area contributed by atoms with Gasteiger partial charge in [-0.05, 0) is 36.4 Å². The molecule has 0 unspecified atom stereocenters. The summed E-state index contributed by atoms with van der Waals surface area (Å²) in [4.78, 5) is 27.9. The van der Waals surface area contributed by atoms with E-state index >= 15 is 0 Å². The molecule has 3 aromatic rings. The first-order chi connectivity index (χ1) is 12.9. The van der Waals surface area contributed by atoms with E-state index in [1.807, 2.05) is 0 Å². The van der Waals surface area contributed by atoms with E-state index in [0.29, 0.717) is 16.7 Å². The van der Waals surface area contributed by atoms with Crippen LogP contribution in [0.3, 0.4) is 0 Å². The number of nitrogens with one attached hydrogen (secondary N) is 2. The normalized spacial score (nSPS) is 10.5. The second-order valence-corrected chi connectivity index (χ2v) is 5.87. The van der Waals surface area contributed by atoms with Crippen molar-refractivity contribution in [2.75, 3.05) is 10.6 Å². The van der Waals surface area contributed by atoms with Crippen molar-refractivity contribution in [3.8, 4) is 0 Å². The molecular formula is C17H12ClF2N5O2. The molecule has 0 aliphatic rings. The van der Waals surface area contributed by atoms with Gasteiger partial charge in [0.2, 0.25) is 11.9 Å². The summed E-state index contributed by atoms with van der Waals surface area (Å²) in [6.45, 7) is -0.262. The van der Waals surface area contributed by atoms with Crippen molar-refractivity contribution in [3.63, 3.8) is 0 Å². The number of amides is 2. The Kier molecular flexibility index (Phi) is 5.41. The highest BCUT2D eigenvalue weighted by molar-refractivity contribution is 6.30. The second kappa shape index (κ2) is 7.92. The lowest BCUT2D eigenvalue weighted by Crippen LogP contribution is -2.19. The van der Waals surface area contributed by atoms with Crippen molar-refractivity contribution in [3.05, 3.63) is 71.0 Å². The molecule has 3 rings (SSSR count). The Bertz CT molecular complexity index is 971. The van der Waals surface area contributed by atoms with Crippen molar-refractivity contribution in [2.45, 2.75) is 6.54 Å². The first kappa shape index (κ1) is 18.5. The lowest BCUT2D eigenvalue weighted by molar-refractivity contribution is -0.116. The van der Waals surface area contributed by atoms with Crippen LogP contribution in [0.2, 0.25) is 5.02 Å². The average molecular weight is 392 g/mol. The van der Waals surface area contributed by atoms with Crippen LogP contribution in [0, 0.1) is 11.6 Å². The number of nitrogens with zero attached hydrogens (tertiary/aromatic N) is 3. The van der Waals surface area contributed by atoms with Gasteiger partial charge in [0.25, 0.3) is 5.91 Å². The summed E-state index contributed by atoms with van der Waals surface area (Å²) in [7, 11) is 0. The maximum atomic E-state index is 13.1. The third-order valence-corrected chi connectivity index (χ3v) is 3.57. The van der Waals surface area contributed by atoms with E-state index in [9.17, 15) is 18.4 Å². The fourth-order valence-electron chi connectivity index (χ4n) is 2.18. The molecule has 1 heterocycles. The zero-order valence-electron chi connectivity index (χ0n) is 13.6. The Morgan fingerprint density at radius 3 is 2.37 bits per heavy atom. The zero-order valence-corrected chi connectivity index (χ0v) is 14.4. The topological polar surface area (TPSA) is 88.9 Å². The molecule has 0 aliphatic carbocycles. The van der Waals surface area contributed by atoms with E-state index < -0.39 is 23.4 Å². The molecule has 138 valence electrons. The molecule has 0 radical (unpaired) electrons. The minimum absolute atomic E-state index is 0.000417. The molecule has 0 bridgehead atoms. The van der Waals surface area contributed by atoms with Crippen LogP contribution in [-0.2, 0) is 11.3 Å². The van der Waals surface area contributed by atoms with Gasteiger partial charge in [-0.3, -0.25) is 14.9 Å². The molecule has 1 aromatic heterocycles. The van der Waals surface area contributed by atoms with Gasteiger partial charge in [-0.15, -0.1) is 5.10 Å². The van der Waals surface area contributed by atoms with E-state index in [1.165, 1.54) is 11.0 Å². The number of benzene rings is 2. The van der Waals surface area contributed by atoms with Crippen LogP contribution in [0.15, 0.2) is 48.8 Å². The number of rotatable bonds is 5. The zero-order chi connectivity index (χ0) is 19.4. The van der Waals surface area contributed by atoms with Gasteiger partial charge in [0, 0.05) is 22.3 Å². The van der Waals surface area contributed by atoms with Crippen LogP contribution < -0.4 is 10.6 Å². The molecule has 0 aliphatic heterocycles. The van der Waals surface area contributed by atoms with Gasteiger partial charge >= 0.3 is 0 Å². The van der Waals surface area contributed by atoms with Crippen molar-refractivity contribution in [1.29, 1.82) is 0 Å². The van der Waals surface area contributed by atoms with Crippen molar-refractivity contribution in [1.82, 2.24) is 14.8 Å². The smallest absolute Gasteiger partial charge is 0.258 e. The van der Waals surface area contributed by atoms with Crippen LogP contribution in [0.4, 0.5) is 20.4 Å². The Morgan fingerprint density at radius 1 is 1.04 bits per heavy atom. The minimum atomic E-state index is -0.807. The Hall–Kier alpha value is -3.33. The molecule has 2 aromatic carbocycles. The molecule has 0 saturated heterocycles. The average Bonchev–Trinajstić information content (AvgIpc) is 3.01. The number of hydrogen-bond acceptors (Lipinski definition) is 4. The van der Waals surface area contributed by atoms with Gasteiger partial charge in [0.1, 0.15) is 24.5 Å². The number of carbonyl (C=O) groups is 2. The van der Waals surface area contributed by atoms with E-state index in [4.69, 9.17) is 11.6 Å². The summed E-state index contributed by atoms with van der Waals surface area (Å²) >= 11 is 5.76. The molecule has 27 heavy (non-hydrogen) atoms. The summed E-state index contributed by atoms with van der Waals surface area (Å²) in [5.41, 5.74) is 0.343. The second-order valence-electron chi connectivity index (χ2n) is 5.43. The molecule has 7 nitrogen and oxygen atoms in total. The van der Waals surface area contributed by atoms with Crippen molar-refractivity contribution in [2.24, 2.45) is 0 Å². The molecule has 10 heteroatoms. The summed E-state index contributed by atoms with van der Waals surface area (Å²) in [5, 5.41) is 9.27. The van der Waals surface area contributed by atoms with E-state index in [-0.39, 0.29) is 18.2 Å².